The van der Waals surface area contributed by atoms with E-state index >= 15 is 0 Å². The highest BCUT2D eigenvalue weighted by atomic mass is 19.4. The van der Waals surface area contributed by atoms with Gasteiger partial charge in [0.05, 0.1) is 29.4 Å². The van der Waals surface area contributed by atoms with Crippen molar-refractivity contribution in [2.24, 2.45) is 11.8 Å². The number of carboxylic acid groups (broad SMARTS) is 1. The van der Waals surface area contributed by atoms with Gasteiger partial charge < -0.3 is 14.4 Å². The summed E-state index contributed by atoms with van der Waals surface area (Å²) >= 11 is 0. The molecule has 26 heavy (non-hydrogen) atoms. The first-order valence-electron chi connectivity index (χ1n) is 7.79. The number of hydrogen-bond acceptors (Lipinski definition) is 4. The predicted molar refractivity (Wildman–Crippen MR) is 83.3 cm³/mol. The number of alkyl halides is 3. The largest absolute Gasteiger partial charge is 0.481 e. The van der Waals surface area contributed by atoms with Crippen molar-refractivity contribution in [2.45, 2.75) is 13.1 Å². The number of hydrogen-bond donors (Lipinski definition) is 1. The number of halogens is 3. The van der Waals surface area contributed by atoms with Gasteiger partial charge >= 0.3 is 12.1 Å². The summed E-state index contributed by atoms with van der Waals surface area (Å²) in [6.45, 7) is 0.391. The van der Waals surface area contributed by atoms with E-state index in [1.807, 2.05) is 0 Å². The Kier molecular flexibility index (Phi) is 4.47. The maximum absolute atomic E-state index is 13.1. The number of aromatic nitrogens is 1. The first-order valence-corrected chi connectivity index (χ1v) is 7.79. The number of likely N-dealkylation sites (tertiary alicyclic amines) is 1. The fraction of sp³-hybridized carbons (Fsp3) is 0.353. The molecule has 1 fully saturated rings. The summed E-state index contributed by atoms with van der Waals surface area (Å²) in [4.78, 5) is 28.9. The predicted octanol–water partition coefficient (Wildman–Crippen LogP) is 2.99. The number of rotatable bonds is 3. The Balaban J connectivity index is 1.84. The molecule has 0 aromatic carbocycles. The fourth-order valence-electron chi connectivity index (χ4n) is 3.07. The Morgan fingerprint density at radius 2 is 2.00 bits per heavy atom. The second-order valence-electron chi connectivity index (χ2n) is 6.11. The highest BCUT2D eigenvalue weighted by Crippen LogP contribution is 2.38. The summed E-state index contributed by atoms with van der Waals surface area (Å²) in [5.41, 5.74) is 0.945. The van der Waals surface area contributed by atoms with Crippen LogP contribution in [0.2, 0.25) is 0 Å². The van der Waals surface area contributed by atoms with Crippen LogP contribution >= 0.6 is 0 Å². The van der Waals surface area contributed by atoms with Crippen LogP contribution in [0, 0.1) is 18.8 Å². The van der Waals surface area contributed by atoms with Crippen LogP contribution in [0.25, 0.3) is 11.5 Å². The van der Waals surface area contributed by atoms with E-state index in [0.717, 1.165) is 4.90 Å². The van der Waals surface area contributed by atoms with Crippen LogP contribution in [0.5, 0.6) is 0 Å². The number of carboxylic acids is 1. The van der Waals surface area contributed by atoms with Gasteiger partial charge in [0.1, 0.15) is 5.69 Å². The molecule has 3 rings (SSSR count). The molecule has 0 spiro atoms. The number of carbonyl (C=O) groups excluding carboxylic acids is 1. The first-order chi connectivity index (χ1) is 12.2. The molecule has 6 nitrogen and oxygen atoms in total. The van der Waals surface area contributed by atoms with Crippen LogP contribution < -0.4 is 0 Å². The van der Waals surface area contributed by atoms with Gasteiger partial charge in [0.15, 0.2) is 5.76 Å². The van der Waals surface area contributed by atoms with E-state index in [0.29, 0.717) is 17.1 Å². The van der Waals surface area contributed by atoms with Gasteiger partial charge in [-0.05, 0) is 31.2 Å². The van der Waals surface area contributed by atoms with Crippen molar-refractivity contribution in [3.8, 4) is 11.5 Å². The van der Waals surface area contributed by atoms with E-state index in [1.54, 1.807) is 19.1 Å². The maximum Gasteiger partial charge on any atom is 0.394 e. The number of carbonyl (C=O) groups is 2. The Hall–Kier alpha value is -2.84. The van der Waals surface area contributed by atoms with Gasteiger partial charge in [0.25, 0.3) is 5.91 Å². The molecule has 1 aliphatic heterocycles. The highest BCUT2D eigenvalue weighted by Gasteiger charge is 2.53. The Bertz CT molecular complexity index is 833. The zero-order chi connectivity index (χ0) is 19.1. The third-order valence-corrected chi connectivity index (χ3v) is 4.43. The Morgan fingerprint density at radius 1 is 1.27 bits per heavy atom. The normalized spacial score (nSPS) is 20.4. The molecular formula is C17H15F3N2O4. The van der Waals surface area contributed by atoms with E-state index < -0.39 is 43.0 Å². The molecule has 2 aromatic rings. The SMILES string of the molecule is Cc1nc(-c2ccco2)ccc1C(=O)N1C[C@@H](C(F)(F)F)[C@H](C(=O)O)C1. The quantitative estimate of drug-likeness (QED) is 0.901. The van der Waals surface area contributed by atoms with Crippen LogP contribution in [-0.4, -0.2) is 46.1 Å². The molecule has 1 aliphatic rings. The number of amides is 1. The van der Waals surface area contributed by atoms with Gasteiger partial charge in [0.2, 0.25) is 0 Å². The summed E-state index contributed by atoms with van der Waals surface area (Å²) in [6.07, 6.45) is -3.21. The minimum Gasteiger partial charge on any atom is -0.481 e. The molecule has 0 bridgehead atoms. The number of furan rings is 1. The molecule has 138 valence electrons. The maximum atomic E-state index is 13.1. The molecule has 0 radical (unpaired) electrons. The van der Waals surface area contributed by atoms with Gasteiger partial charge in [-0.3, -0.25) is 9.59 Å². The zero-order valence-electron chi connectivity index (χ0n) is 13.7. The van der Waals surface area contributed by atoms with Gasteiger partial charge in [-0.25, -0.2) is 4.98 Å². The van der Waals surface area contributed by atoms with Crippen molar-refractivity contribution >= 4 is 11.9 Å². The van der Waals surface area contributed by atoms with Gasteiger partial charge in [0, 0.05) is 13.1 Å². The number of aliphatic carboxylic acids is 1. The van der Waals surface area contributed by atoms with E-state index in [-0.39, 0.29) is 5.56 Å². The molecule has 2 aromatic heterocycles. The molecule has 0 aliphatic carbocycles. The second-order valence-corrected chi connectivity index (χ2v) is 6.11. The number of nitrogens with zero attached hydrogens (tertiary/aromatic N) is 2. The zero-order valence-corrected chi connectivity index (χ0v) is 13.7. The average Bonchev–Trinajstić information content (AvgIpc) is 3.23. The summed E-state index contributed by atoms with van der Waals surface area (Å²) in [6, 6.07) is 6.36. The molecule has 3 heterocycles. The van der Waals surface area contributed by atoms with E-state index in [1.165, 1.54) is 18.4 Å². The monoisotopic (exact) mass is 368 g/mol. The van der Waals surface area contributed by atoms with E-state index in [4.69, 9.17) is 9.52 Å². The smallest absolute Gasteiger partial charge is 0.394 e. The third-order valence-electron chi connectivity index (χ3n) is 4.43. The second kappa shape index (κ2) is 6.47. The van der Waals surface area contributed by atoms with Gasteiger partial charge in [-0.15, -0.1) is 0 Å². The Labute approximate surface area is 146 Å². The Morgan fingerprint density at radius 3 is 2.50 bits per heavy atom. The molecule has 0 unspecified atom stereocenters. The van der Waals surface area contributed by atoms with Crippen molar-refractivity contribution in [1.82, 2.24) is 9.88 Å². The summed E-state index contributed by atoms with van der Waals surface area (Å²) in [5.74, 6) is -5.49. The van der Waals surface area contributed by atoms with Crippen molar-refractivity contribution < 1.29 is 32.3 Å². The average molecular weight is 368 g/mol. The summed E-state index contributed by atoms with van der Waals surface area (Å²) < 4.78 is 44.4. The highest BCUT2D eigenvalue weighted by molar-refractivity contribution is 5.96. The van der Waals surface area contributed by atoms with Gasteiger partial charge in [-0.1, -0.05) is 0 Å². The van der Waals surface area contributed by atoms with Crippen LogP contribution in [-0.2, 0) is 4.79 Å². The third kappa shape index (κ3) is 3.29. The van der Waals surface area contributed by atoms with Crippen molar-refractivity contribution in [3.63, 3.8) is 0 Å². The first kappa shape index (κ1) is 18.0. The van der Waals surface area contributed by atoms with Crippen molar-refractivity contribution in [2.75, 3.05) is 13.1 Å². The lowest BCUT2D eigenvalue weighted by molar-refractivity contribution is -0.187. The fourth-order valence-corrected chi connectivity index (χ4v) is 3.07. The van der Waals surface area contributed by atoms with Gasteiger partial charge in [-0.2, -0.15) is 13.2 Å². The number of pyridine rings is 1. The lowest BCUT2D eigenvalue weighted by Crippen LogP contribution is -2.34. The standard InChI is InChI=1S/C17H15F3N2O4/c1-9-10(4-5-13(21-9)14-3-2-6-26-14)15(23)22-7-11(16(24)25)12(8-22)17(18,19)20/h2-6,11-12H,7-8H2,1H3,(H,24,25)/t11-,12-/m1/s1. The molecule has 2 atom stereocenters. The summed E-state index contributed by atoms with van der Waals surface area (Å²) in [5, 5.41) is 9.05. The van der Waals surface area contributed by atoms with Crippen molar-refractivity contribution in [1.29, 1.82) is 0 Å². The van der Waals surface area contributed by atoms with E-state index in [2.05, 4.69) is 4.98 Å². The van der Waals surface area contributed by atoms with E-state index in [9.17, 15) is 22.8 Å². The van der Waals surface area contributed by atoms with Crippen molar-refractivity contribution in [3.05, 3.63) is 41.8 Å². The van der Waals surface area contributed by atoms with Crippen LogP contribution in [0.1, 0.15) is 16.1 Å². The molecule has 9 heteroatoms. The molecule has 0 saturated carbocycles. The molecule has 1 saturated heterocycles. The lowest BCUT2D eigenvalue weighted by atomic mass is 9.96. The van der Waals surface area contributed by atoms with Crippen LogP contribution in [0.3, 0.4) is 0 Å². The minimum atomic E-state index is -4.69. The molecule has 1 N–H and O–H groups in total. The molecule has 1 amide bonds. The van der Waals surface area contributed by atoms with Crippen LogP contribution in [0.4, 0.5) is 13.2 Å². The topological polar surface area (TPSA) is 83.6 Å². The summed E-state index contributed by atoms with van der Waals surface area (Å²) in [7, 11) is 0. The molecular weight excluding hydrogens is 353 g/mol. The number of aryl methyl sites for hydroxylation is 1. The lowest BCUT2D eigenvalue weighted by Gasteiger charge is -2.19. The minimum absolute atomic E-state index is 0.132. The van der Waals surface area contributed by atoms with Crippen LogP contribution in [0.15, 0.2) is 34.9 Å².